The minimum atomic E-state index is 0. The number of aromatic hydroxyl groups is 1. The first-order chi connectivity index (χ1) is 5.20. The van der Waals surface area contributed by atoms with Gasteiger partial charge in [-0.2, -0.15) is 0 Å². The lowest BCUT2D eigenvalue weighted by atomic mass is 10.3. The molecular formula is C6H7BBrO3. The maximum atomic E-state index is 8.74. The highest BCUT2D eigenvalue weighted by Gasteiger charge is 1.83. The zero-order chi connectivity index (χ0) is 8.69. The molecule has 1 aromatic rings. The fraction of sp³-hybridized carbons (Fsp3) is 0. The third-order valence-electron chi connectivity index (χ3n) is 0.827. The van der Waals surface area contributed by atoms with Gasteiger partial charge in [0.05, 0.1) is 0 Å². The Hall–Kier alpha value is -0.515. The largest absolute Gasteiger partial charge is 0.508 e. The van der Waals surface area contributed by atoms with Gasteiger partial charge >= 0.3 is 7.69 Å². The van der Waals surface area contributed by atoms with Gasteiger partial charge in [0.1, 0.15) is 5.75 Å². The zero-order valence-electron chi connectivity index (χ0n) is 5.61. The Balaban J connectivity index is 0.000000292. The van der Waals surface area contributed by atoms with Gasteiger partial charge in [-0.05, 0) is 24.3 Å². The molecule has 0 aromatic heterocycles. The second kappa shape index (κ2) is 6.21. The molecule has 0 spiro atoms. The van der Waals surface area contributed by atoms with Crippen LogP contribution in [-0.2, 0) is 0 Å². The molecule has 0 atom stereocenters. The van der Waals surface area contributed by atoms with Gasteiger partial charge in [0.25, 0.3) is 0 Å². The van der Waals surface area contributed by atoms with Crippen LogP contribution in [0.5, 0.6) is 5.75 Å². The van der Waals surface area contributed by atoms with E-state index < -0.39 is 0 Å². The molecule has 0 heterocycles. The van der Waals surface area contributed by atoms with E-state index in [2.05, 4.69) is 15.9 Å². The monoisotopic (exact) mass is 217 g/mol. The predicted octanol–water partition coefficient (Wildman–Crippen LogP) is 0.660. The van der Waals surface area contributed by atoms with Crippen LogP contribution in [0.2, 0.25) is 0 Å². The Morgan fingerprint density at radius 1 is 1.09 bits per heavy atom. The number of halogens is 1. The van der Waals surface area contributed by atoms with Crippen molar-refractivity contribution < 1.29 is 15.2 Å². The van der Waals surface area contributed by atoms with Crippen LogP contribution in [-0.4, -0.2) is 22.8 Å². The van der Waals surface area contributed by atoms with E-state index >= 15 is 0 Å². The lowest BCUT2D eigenvalue weighted by Gasteiger charge is -1.87. The molecule has 3 nitrogen and oxygen atoms in total. The van der Waals surface area contributed by atoms with Crippen LogP contribution in [0, 0.1) is 0 Å². The van der Waals surface area contributed by atoms with Crippen molar-refractivity contribution in [1.29, 1.82) is 0 Å². The SMILES string of the molecule is O[B]O.Oc1ccc(Br)cc1. The van der Waals surface area contributed by atoms with E-state index in [0.29, 0.717) is 5.75 Å². The summed E-state index contributed by atoms with van der Waals surface area (Å²) in [7, 11) is 0. The third-order valence-corrected chi connectivity index (χ3v) is 1.36. The lowest BCUT2D eigenvalue weighted by Crippen LogP contribution is -1.75. The molecule has 0 unspecified atom stereocenters. The Kier molecular flexibility index (Phi) is 5.92. The van der Waals surface area contributed by atoms with Gasteiger partial charge < -0.3 is 15.2 Å². The standard InChI is InChI=1S/C6H5BrO.BH2O2/c7-5-1-3-6(8)4-2-5;2-1-3/h1-4,8H;2-3H. The average molecular weight is 218 g/mol. The molecule has 0 aliphatic rings. The Morgan fingerprint density at radius 2 is 1.45 bits per heavy atom. The second-order valence-electron chi connectivity index (χ2n) is 1.59. The van der Waals surface area contributed by atoms with Gasteiger partial charge in [-0.25, -0.2) is 0 Å². The molecule has 1 radical (unpaired) electrons. The summed E-state index contributed by atoms with van der Waals surface area (Å²) >= 11 is 3.23. The molecule has 0 saturated heterocycles. The zero-order valence-corrected chi connectivity index (χ0v) is 7.19. The molecular weight excluding hydrogens is 211 g/mol. The first kappa shape index (κ1) is 10.5. The lowest BCUT2D eigenvalue weighted by molar-refractivity contribution is 0.448. The summed E-state index contributed by atoms with van der Waals surface area (Å²) in [6.07, 6.45) is 0. The highest BCUT2D eigenvalue weighted by Crippen LogP contribution is 2.13. The van der Waals surface area contributed by atoms with Gasteiger partial charge in [-0.3, -0.25) is 0 Å². The molecule has 1 rings (SSSR count). The highest BCUT2D eigenvalue weighted by molar-refractivity contribution is 9.10. The van der Waals surface area contributed by atoms with Crippen molar-refractivity contribution in [2.24, 2.45) is 0 Å². The number of hydrogen-bond acceptors (Lipinski definition) is 3. The van der Waals surface area contributed by atoms with Crippen LogP contribution in [0.4, 0.5) is 0 Å². The summed E-state index contributed by atoms with van der Waals surface area (Å²) in [5.74, 6) is 0.299. The Labute approximate surface area is 73.7 Å². The minimum Gasteiger partial charge on any atom is -0.508 e. The summed E-state index contributed by atoms with van der Waals surface area (Å²) < 4.78 is 0.982. The number of hydrogen-bond donors (Lipinski definition) is 3. The van der Waals surface area contributed by atoms with Crippen LogP contribution < -0.4 is 0 Å². The quantitative estimate of drug-likeness (QED) is 0.560. The summed E-state index contributed by atoms with van der Waals surface area (Å²) in [6.45, 7) is 0. The molecule has 59 valence electrons. The van der Waals surface area contributed by atoms with Crippen LogP contribution in [0.1, 0.15) is 0 Å². The van der Waals surface area contributed by atoms with Crippen molar-refractivity contribution in [1.82, 2.24) is 0 Å². The molecule has 3 N–H and O–H groups in total. The second-order valence-corrected chi connectivity index (χ2v) is 2.51. The first-order valence-corrected chi connectivity index (χ1v) is 3.54. The number of phenols is 1. The molecule has 0 bridgehead atoms. The predicted molar refractivity (Wildman–Crippen MR) is 46.0 cm³/mol. The van der Waals surface area contributed by atoms with Crippen LogP contribution in [0.15, 0.2) is 28.7 Å². The number of benzene rings is 1. The van der Waals surface area contributed by atoms with Gasteiger partial charge in [-0.1, -0.05) is 15.9 Å². The van der Waals surface area contributed by atoms with Crippen molar-refractivity contribution in [2.45, 2.75) is 0 Å². The van der Waals surface area contributed by atoms with Gasteiger partial charge in [0.2, 0.25) is 0 Å². The molecule has 0 saturated carbocycles. The van der Waals surface area contributed by atoms with E-state index in [1.54, 1.807) is 24.3 Å². The molecule has 0 fully saturated rings. The summed E-state index contributed by atoms with van der Waals surface area (Å²) in [4.78, 5) is 0. The first-order valence-electron chi connectivity index (χ1n) is 2.75. The van der Waals surface area contributed by atoms with Crippen molar-refractivity contribution >= 4 is 23.6 Å². The Bertz CT molecular complexity index is 169. The summed E-state index contributed by atoms with van der Waals surface area (Å²) in [5, 5.41) is 22.7. The van der Waals surface area contributed by atoms with Crippen molar-refractivity contribution in [3.8, 4) is 5.75 Å². The fourth-order valence-electron chi connectivity index (χ4n) is 0.441. The normalized spacial score (nSPS) is 7.91. The molecule has 11 heavy (non-hydrogen) atoms. The third kappa shape index (κ3) is 5.91. The molecule has 0 aliphatic heterocycles. The van der Waals surface area contributed by atoms with Gasteiger partial charge in [-0.15, -0.1) is 0 Å². The average Bonchev–Trinajstić information content (AvgIpc) is 1.97. The van der Waals surface area contributed by atoms with E-state index in [0.717, 1.165) is 4.47 Å². The number of rotatable bonds is 0. The molecule has 0 amide bonds. The van der Waals surface area contributed by atoms with Gasteiger partial charge in [0.15, 0.2) is 0 Å². The molecule has 5 heteroatoms. The smallest absolute Gasteiger partial charge is 0.482 e. The Morgan fingerprint density at radius 3 is 1.73 bits per heavy atom. The van der Waals surface area contributed by atoms with Crippen molar-refractivity contribution in [2.75, 3.05) is 0 Å². The van der Waals surface area contributed by atoms with Gasteiger partial charge in [0, 0.05) is 4.47 Å². The summed E-state index contributed by atoms with van der Waals surface area (Å²) in [5.41, 5.74) is 0. The maximum absolute atomic E-state index is 8.74. The topological polar surface area (TPSA) is 60.7 Å². The van der Waals surface area contributed by atoms with E-state index in [-0.39, 0.29) is 7.69 Å². The van der Waals surface area contributed by atoms with Crippen LogP contribution in [0.3, 0.4) is 0 Å². The number of phenolic OH excluding ortho intramolecular Hbond substituents is 1. The summed E-state index contributed by atoms with van der Waals surface area (Å²) in [6, 6.07) is 6.83. The highest BCUT2D eigenvalue weighted by atomic mass is 79.9. The van der Waals surface area contributed by atoms with E-state index in [4.69, 9.17) is 15.2 Å². The van der Waals surface area contributed by atoms with E-state index in [9.17, 15) is 0 Å². The van der Waals surface area contributed by atoms with Crippen LogP contribution in [0.25, 0.3) is 0 Å². The van der Waals surface area contributed by atoms with Crippen molar-refractivity contribution in [3.05, 3.63) is 28.7 Å². The van der Waals surface area contributed by atoms with E-state index in [1.165, 1.54) is 0 Å². The van der Waals surface area contributed by atoms with E-state index in [1.807, 2.05) is 0 Å². The van der Waals surface area contributed by atoms with Crippen molar-refractivity contribution in [3.63, 3.8) is 0 Å². The molecule has 1 aromatic carbocycles. The fourth-order valence-corrected chi connectivity index (χ4v) is 0.705. The molecule has 0 aliphatic carbocycles. The minimum absolute atomic E-state index is 0. The van der Waals surface area contributed by atoms with Crippen LogP contribution >= 0.6 is 15.9 Å². The maximum Gasteiger partial charge on any atom is 0.482 e.